The van der Waals surface area contributed by atoms with Crippen LogP contribution in [0.1, 0.15) is 40.9 Å². The van der Waals surface area contributed by atoms with Gasteiger partial charge in [-0.15, -0.1) is 11.3 Å². The van der Waals surface area contributed by atoms with Crippen LogP contribution in [0.2, 0.25) is 0 Å². The van der Waals surface area contributed by atoms with Gasteiger partial charge in [0.2, 0.25) is 0 Å². The van der Waals surface area contributed by atoms with E-state index in [9.17, 15) is 9.90 Å². The summed E-state index contributed by atoms with van der Waals surface area (Å²) >= 11 is 1.25. The third-order valence-electron chi connectivity index (χ3n) is 3.10. The Morgan fingerprint density at radius 1 is 1.59 bits per heavy atom. The summed E-state index contributed by atoms with van der Waals surface area (Å²) in [5, 5.41) is 23.3. The summed E-state index contributed by atoms with van der Waals surface area (Å²) < 4.78 is 0. The summed E-state index contributed by atoms with van der Waals surface area (Å²) in [6.07, 6.45) is 3.50. The maximum atomic E-state index is 11.8. The Kier molecular flexibility index (Phi) is 3.46. The van der Waals surface area contributed by atoms with E-state index in [4.69, 9.17) is 5.26 Å². The van der Waals surface area contributed by atoms with Gasteiger partial charge < -0.3 is 10.4 Å². The molecule has 1 aliphatic rings. The highest BCUT2D eigenvalue weighted by atomic mass is 32.1. The SMILES string of the molecule is N#Cc1ccsc1C(=O)NCC1(O)CCCC1. The average Bonchev–Trinajstić information content (AvgIpc) is 2.95. The molecule has 0 bridgehead atoms. The number of nitrogens with zero attached hydrogens (tertiary/aromatic N) is 1. The van der Waals surface area contributed by atoms with Gasteiger partial charge in [0.15, 0.2) is 0 Å². The Morgan fingerprint density at radius 2 is 2.29 bits per heavy atom. The summed E-state index contributed by atoms with van der Waals surface area (Å²) in [7, 11) is 0. The van der Waals surface area contributed by atoms with Gasteiger partial charge in [-0.3, -0.25) is 4.79 Å². The van der Waals surface area contributed by atoms with E-state index >= 15 is 0 Å². The zero-order valence-corrected chi connectivity index (χ0v) is 10.2. The van der Waals surface area contributed by atoms with E-state index in [2.05, 4.69) is 5.32 Å². The molecule has 5 heteroatoms. The van der Waals surface area contributed by atoms with Crippen LogP contribution in [0.15, 0.2) is 11.4 Å². The van der Waals surface area contributed by atoms with Crippen LogP contribution in [0.4, 0.5) is 0 Å². The number of carbonyl (C=O) groups is 1. The number of nitrogens with one attached hydrogen (secondary N) is 1. The third-order valence-corrected chi connectivity index (χ3v) is 4.02. The molecule has 4 nitrogen and oxygen atoms in total. The number of amides is 1. The van der Waals surface area contributed by atoms with Gasteiger partial charge in [0.05, 0.1) is 11.2 Å². The minimum absolute atomic E-state index is 0.267. The molecule has 0 aromatic carbocycles. The molecule has 90 valence electrons. The molecule has 0 spiro atoms. The van der Waals surface area contributed by atoms with Crippen molar-refractivity contribution in [3.8, 4) is 6.07 Å². The van der Waals surface area contributed by atoms with Gasteiger partial charge in [-0.05, 0) is 24.3 Å². The lowest BCUT2D eigenvalue weighted by Gasteiger charge is -2.22. The predicted molar refractivity (Wildman–Crippen MR) is 64.8 cm³/mol. The second kappa shape index (κ2) is 4.86. The zero-order chi connectivity index (χ0) is 12.3. The van der Waals surface area contributed by atoms with Gasteiger partial charge in [0.25, 0.3) is 5.91 Å². The summed E-state index contributed by atoms with van der Waals surface area (Å²) in [5.41, 5.74) is -0.356. The lowest BCUT2D eigenvalue weighted by molar-refractivity contribution is 0.0450. The first-order chi connectivity index (χ1) is 8.14. The summed E-state index contributed by atoms with van der Waals surface area (Å²) in [4.78, 5) is 12.2. The van der Waals surface area contributed by atoms with Crippen LogP contribution < -0.4 is 5.32 Å². The summed E-state index contributed by atoms with van der Waals surface area (Å²) in [6.45, 7) is 0.272. The Balaban J connectivity index is 1.96. The van der Waals surface area contributed by atoms with Crippen molar-refractivity contribution in [3.05, 3.63) is 21.9 Å². The van der Waals surface area contributed by atoms with Gasteiger partial charge in [-0.2, -0.15) is 5.26 Å². The van der Waals surface area contributed by atoms with Crippen LogP contribution in [-0.4, -0.2) is 23.2 Å². The average molecular weight is 250 g/mol. The van der Waals surface area contributed by atoms with E-state index in [1.54, 1.807) is 11.4 Å². The molecule has 1 heterocycles. The van der Waals surface area contributed by atoms with Crippen LogP contribution in [0.5, 0.6) is 0 Å². The van der Waals surface area contributed by atoms with Crippen molar-refractivity contribution >= 4 is 17.2 Å². The van der Waals surface area contributed by atoms with Crippen molar-refractivity contribution in [2.45, 2.75) is 31.3 Å². The van der Waals surface area contributed by atoms with Gasteiger partial charge >= 0.3 is 0 Å². The lowest BCUT2D eigenvalue weighted by atomic mass is 10.0. The number of thiophene rings is 1. The summed E-state index contributed by atoms with van der Waals surface area (Å²) in [5.74, 6) is -0.267. The fourth-order valence-electron chi connectivity index (χ4n) is 2.11. The number of carbonyl (C=O) groups excluding carboxylic acids is 1. The van der Waals surface area contributed by atoms with E-state index in [1.165, 1.54) is 11.3 Å². The standard InChI is InChI=1S/C12H14N2O2S/c13-7-9-3-6-17-10(9)11(15)14-8-12(16)4-1-2-5-12/h3,6,16H,1-2,4-5,8H2,(H,14,15). The van der Waals surface area contributed by atoms with Gasteiger partial charge in [0.1, 0.15) is 10.9 Å². The first-order valence-electron chi connectivity index (χ1n) is 5.63. The fraction of sp³-hybridized carbons (Fsp3) is 0.500. The van der Waals surface area contributed by atoms with Crippen LogP contribution >= 0.6 is 11.3 Å². The molecule has 0 unspecified atom stereocenters. The number of hydrogen-bond acceptors (Lipinski definition) is 4. The summed E-state index contributed by atoms with van der Waals surface area (Å²) in [6, 6.07) is 3.61. The number of hydrogen-bond donors (Lipinski definition) is 2. The van der Waals surface area contributed by atoms with E-state index in [0.29, 0.717) is 10.4 Å². The van der Waals surface area contributed by atoms with Crippen molar-refractivity contribution in [1.29, 1.82) is 5.26 Å². The van der Waals surface area contributed by atoms with Gasteiger partial charge in [-0.25, -0.2) is 0 Å². The second-order valence-corrected chi connectivity index (χ2v) is 5.31. The van der Waals surface area contributed by atoms with Crippen LogP contribution in [-0.2, 0) is 0 Å². The highest BCUT2D eigenvalue weighted by molar-refractivity contribution is 7.12. The smallest absolute Gasteiger partial charge is 0.262 e. The van der Waals surface area contributed by atoms with E-state index in [0.717, 1.165) is 25.7 Å². The minimum Gasteiger partial charge on any atom is -0.388 e. The monoisotopic (exact) mass is 250 g/mol. The largest absolute Gasteiger partial charge is 0.388 e. The topological polar surface area (TPSA) is 73.1 Å². The Hall–Kier alpha value is -1.38. The Bertz CT molecular complexity index is 455. The molecule has 0 saturated heterocycles. The molecule has 17 heavy (non-hydrogen) atoms. The van der Waals surface area contributed by atoms with Gasteiger partial charge in [-0.1, -0.05) is 12.8 Å². The normalized spacial score (nSPS) is 17.6. The van der Waals surface area contributed by atoms with Crippen molar-refractivity contribution in [1.82, 2.24) is 5.32 Å². The predicted octanol–water partition coefficient (Wildman–Crippen LogP) is 1.65. The zero-order valence-electron chi connectivity index (χ0n) is 9.40. The van der Waals surface area contributed by atoms with Crippen molar-refractivity contribution < 1.29 is 9.90 Å². The second-order valence-electron chi connectivity index (χ2n) is 4.39. The molecular weight excluding hydrogens is 236 g/mol. The van der Waals surface area contributed by atoms with E-state index < -0.39 is 5.60 Å². The number of nitriles is 1. The van der Waals surface area contributed by atoms with Crippen LogP contribution in [0.25, 0.3) is 0 Å². The van der Waals surface area contributed by atoms with Crippen LogP contribution in [0.3, 0.4) is 0 Å². The molecule has 1 fully saturated rings. The highest BCUT2D eigenvalue weighted by Gasteiger charge is 2.31. The first-order valence-corrected chi connectivity index (χ1v) is 6.51. The van der Waals surface area contributed by atoms with E-state index in [1.807, 2.05) is 6.07 Å². The molecule has 0 radical (unpaired) electrons. The molecule has 1 amide bonds. The number of aliphatic hydroxyl groups is 1. The lowest BCUT2D eigenvalue weighted by Crippen LogP contribution is -2.40. The van der Waals surface area contributed by atoms with Crippen LogP contribution in [0, 0.1) is 11.3 Å². The molecule has 1 aromatic heterocycles. The molecule has 2 rings (SSSR count). The third kappa shape index (κ3) is 2.65. The maximum absolute atomic E-state index is 11.8. The molecular formula is C12H14N2O2S. The molecule has 1 aliphatic carbocycles. The minimum atomic E-state index is -0.750. The van der Waals surface area contributed by atoms with Gasteiger partial charge in [0, 0.05) is 6.54 Å². The molecule has 1 aromatic rings. The maximum Gasteiger partial charge on any atom is 0.262 e. The van der Waals surface area contributed by atoms with Crippen molar-refractivity contribution in [2.24, 2.45) is 0 Å². The molecule has 1 saturated carbocycles. The molecule has 2 N–H and O–H groups in total. The fourth-order valence-corrected chi connectivity index (χ4v) is 2.87. The van der Waals surface area contributed by atoms with Crippen molar-refractivity contribution in [2.75, 3.05) is 6.54 Å². The van der Waals surface area contributed by atoms with E-state index in [-0.39, 0.29) is 12.5 Å². The highest BCUT2D eigenvalue weighted by Crippen LogP contribution is 2.28. The first kappa shape index (κ1) is 12.1. The Morgan fingerprint density at radius 3 is 2.94 bits per heavy atom. The quantitative estimate of drug-likeness (QED) is 0.856. The molecule has 0 aliphatic heterocycles. The number of rotatable bonds is 3. The Labute approximate surface area is 104 Å². The molecule has 0 atom stereocenters. The van der Waals surface area contributed by atoms with Crippen molar-refractivity contribution in [3.63, 3.8) is 0 Å².